The maximum Gasteiger partial charge on any atom is 0.261 e. The highest BCUT2D eigenvalue weighted by Crippen LogP contribution is 2.16. The summed E-state index contributed by atoms with van der Waals surface area (Å²) in [5.74, 6) is -0.120. The number of hydrogen-bond donors (Lipinski definition) is 1. The molecule has 3 rings (SSSR count). The number of fused-ring (bicyclic) bond motifs is 1. The van der Waals surface area contributed by atoms with Gasteiger partial charge in [0.2, 0.25) is 5.91 Å². The van der Waals surface area contributed by atoms with Crippen molar-refractivity contribution in [3.8, 4) is 0 Å². The molecule has 0 spiro atoms. The highest BCUT2D eigenvalue weighted by Gasteiger charge is 2.11. The van der Waals surface area contributed by atoms with E-state index in [9.17, 15) is 14.0 Å². The lowest BCUT2D eigenvalue weighted by Gasteiger charge is -2.10. The van der Waals surface area contributed by atoms with Gasteiger partial charge in [0.1, 0.15) is 11.6 Å². The van der Waals surface area contributed by atoms with Gasteiger partial charge >= 0.3 is 0 Å². The van der Waals surface area contributed by atoms with E-state index in [1.165, 1.54) is 16.7 Å². The normalized spacial score (nSPS) is 10.8. The lowest BCUT2D eigenvalue weighted by molar-refractivity contribution is -0.116. The van der Waals surface area contributed by atoms with E-state index in [2.05, 4.69) is 10.3 Å². The topological polar surface area (TPSA) is 64.0 Å². The molecule has 0 aliphatic carbocycles. The third-order valence-corrected chi connectivity index (χ3v) is 4.13. The third-order valence-electron chi connectivity index (χ3n) is 4.13. The average molecular weight is 339 g/mol. The van der Waals surface area contributed by atoms with Gasteiger partial charge in [-0.2, -0.15) is 0 Å². The van der Waals surface area contributed by atoms with Crippen molar-refractivity contribution in [3.05, 3.63) is 70.0 Å². The SMILES string of the molecule is Cc1ccc(F)cc1NC(=O)CCc1nc2ccccc2c(=O)n1C. The molecule has 0 bridgehead atoms. The van der Waals surface area contributed by atoms with Crippen molar-refractivity contribution in [2.75, 3.05) is 5.32 Å². The molecule has 3 aromatic rings. The monoisotopic (exact) mass is 339 g/mol. The Labute approximate surface area is 144 Å². The molecule has 1 N–H and O–H groups in total. The Kier molecular flexibility index (Phi) is 4.61. The second-order valence-corrected chi connectivity index (χ2v) is 5.92. The van der Waals surface area contributed by atoms with Gasteiger partial charge in [0, 0.05) is 25.6 Å². The van der Waals surface area contributed by atoms with Crippen LogP contribution in [0.15, 0.2) is 47.3 Å². The lowest BCUT2D eigenvalue weighted by Crippen LogP contribution is -2.23. The molecule has 0 saturated carbocycles. The minimum Gasteiger partial charge on any atom is -0.326 e. The highest BCUT2D eigenvalue weighted by atomic mass is 19.1. The van der Waals surface area contributed by atoms with Crippen molar-refractivity contribution in [2.45, 2.75) is 19.8 Å². The summed E-state index contributed by atoms with van der Waals surface area (Å²) in [7, 11) is 1.64. The Balaban J connectivity index is 1.76. The highest BCUT2D eigenvalue weighted by molar-refractivity contribution is 5.91. The van der Waals surface area contributed by atoms with Gasteiger partial charge in [0.25, 0.3) is 5.56 Å². The molecule has 5 nitrogen and oxygen atoms in total. The zero-order valence-corrected chi connectivity index (χ0v) is 14.0. The van der Waals surface area contributed by atoms with E-state index in [1.54, 1.807) is 38.2 Å². The summed E-state index contributed by atoms with van der Waals surface area (Å²) < 4.78 is 14.8. The van der Waals surface area contributed by atoms with Gasteiger partial charge in [0.15, 0.2) is 0 Å². The van der Waals surface area contributed by atoms with Crippen molar-refractivity contribution in [3.63, 3.8) is 0 Å². The second kappa shape index (κ2) is 6.84. The fourth-order valence-corrected chi connectivity index (χ4v) is 2.65. The number of aryl methyl sites for hydroxylation is 2. The predicted molar refractivity (Wildman–Crippen MR) is 95.1 cm³/mol. The predicted octanol–water partition coefficient (Wildman–Crippen LogP) is 2.95. The molecular formula is C19H18FN3O2. The standard InChI is InChI=1S/C19H18FN3O2/c1-12-7-8-13(20)11-16(12)22-18(24)10-9-17-21-15-6-4-3-5-14(15)19(25)23(17)2/h3-8,11H,9-10H2,1-2H3,(H,22,24). The van der Waals surface area contributed by atoms with Gasteiger partial charge in [-0.25, -0.2) is 9.37 Å². The number of benzene rings is 2. The summed E-state index contributed by atoms with van der Waals surface area (Å²) in [5, 5.41) is 3.25. The van der Waals surface area contributed by atoms with E-state index in [0.29, 0.717) is 28.8 Å². The molecule has 0 aliphatic heterocycles. The number of carbonyl (C=O) groups excluding carboxylic acids is 1. The number of hydrogen-bond acceptors (Lipinski definition) is 3. The Morgan fingerprint density at radius 2 is 2.00 bits per heavy atom. The van der Waals surface area contributed by atoms with Gasteiger partial charge in [-0.05, 0) is 36.8 Å². The first-order valence-corrected chi connectivity index (χ1v) is 7.96. The summed E-state index contributed by atoms with van der Waals surface area (Å²) in [4.78, 5) is 29.0. The summed E-state index contributed by atoms with van der Waals surface area (Å²) in [6.07, 6.45) is 0.464. The van der Waals surface area contributed by atoms with Crippen LogP contribution in [0.5, 0.6) is 0 Å². The van der Waals surface area contributed by atoms with Crippen LogP contribution in [0.25, 0.3) is 10.9 Å². The largest absolute Gasteiger partial charge is 0.326 e. The first-order valence-electron chi connectivity index (χ1n) is 7.96. The van der Waals surface area contributed by atoms with Crippen molar-refractivity contribution < 1.29 is 9.18 Å². The van der Waals surface area contributed by atoms with Crippen molar-refractivity contribution in [2.24, 2.45) is 7.05 Å². The van der Waals surface area contributed by atoms with E-state index in [1.807, 2.05) is 6.07 Å². The van der Waals surface area contributed by atoms with Crippen molar-refractivity contribution in [1.82, 2.24) is 9.55 Å². The first-order chi connectivity index (χ1) is 12.0. The van der Waals surface area contributed by atoms with Gasteiger partial charge in [-0.3, -0.25) is 14.2 Å². The van der Waals surface area contributed by atoms with Crippen LogP contribution >= 0.6 is 0 Å². The Hall–Kier alpha value is -3.02. The number of anilines is 1. The van der Waals surface area contributed by atoms with Gasteiger partial charge in [0.05, 0.1) is 10.9 Å². The van der Waals surface area contributed by atoms with E-state index in [0.717, 1.165) is 5.56 Å². The molecule has 0 unspecified atom stereocenters. The number of rotatable bonds is 4. The Morgan fingerprint density at radius 1 is 1.24 bits per heavy atom. The maximum atomic E-state index is 13.3. The first kappa shape index (κ1) is 16.8. The molecule has 128 valence electrons. The van der Waals surface area contributed by atoms with Crippen LogP contribution < -0.4 is 10.9 Å². The third kappa shape index (κ3) is 3.57. The van der Waals surface area contributed by atoms with Crippen molar-refractivity contribution in [1.29, 1.82) is 0 Å². The summed E-state index contributed by atoms with van der Waals surface area (Å²) in [6.45, 7) is 1.80. The Bertz CT molecular complexity index is 1010. The number of para-hydroxylation sites is 1. The molecule has 0 atom stereocenters. The number of amides is 1. The fraction of sp³-hybridized carbons (Fsp3) is 0.211. The quantitative estimate of drug-likeness (QED) is 0.795. The molecule has 1 amide bonds. The fourth-order valence-electron chi connectivity index (χ4n) is 2.65. The van der Waals surface area contributed by atoms with Gasteiger partial charge < -0.3 is 5.32 Å². The van der Waals surface area contributed by atoms with Crippen LogP contribution in [-0.4, -0.2) is 15.5 Å². The summed E-state index contributed by atoms with van der Waals surface area (Å²) in [5.41, 5.74) is 1.71. The number of aromatic nitrogens is 2. The second-order valence-electron chi connectivity index (χ2n) is 5.92. The number of halogens is 1. The van der Waals surface area contributed by atoms with Gasteiger partial charge in [-0.15, -0.1) is 0 Å². The molecular weight excluding hydrogens is 321 g/mol. The summed E-state index contributed by atoms with van der Waals surface area (Å²) >= 11 is 0. The molecule has 6 heteroatoms. The zero-order chi connectivity index (χ0) is 18.0. The van der Waals surface area contributed by atoms with Gasteiger partial charge in [-0.1, -0.05) is 18.2 Å². The molecule has 0 fully saturated rings. The van der Waals surface area contributed by atoms with Crippen LogP contribution in [0.1, 0.15) is 17.8 Å². The smallest absolute Gasteiger partial charge is 0.261 e. The molecule has 25 heavy (non-hydrogen) atoms. The van der Waals surface area contributed by atoms with Crippen molar-refractivity contribution >= 4 is 22.5 Å². The molecule has 0 aliphatic rings. The van der Waals surface area contributed by atoms with E-state index in [4.69, 9.17) is 0 Å². The summed E-state index contributed by atoms with van der Waals surface area (Å²) in [6, 6.07) is 11.4. The van der Waals surface area contributed by atoms with Crippen LogP contribution in [0.2, 0.25) is 0 Å². The van der Waals surface area contributed by atoms with E-state index < -0.39 is 5.82 Å². The Morgan fingerprint density at radius 3 is 2.80 bits per heavy atom. The minimum absolute atomic E-state index is 0.137. The zero-order valence-electron chi connectivity index (χ0n) is 14.0. The number of carbonyl (C=O) groups is 1. The number of nitrogens with one attached hydrogen (secondary N) is 1. The van der Waals surface area contributed by atoms with E-state index >= 15 is 0 Å². The molecule has 2 aromatic carbocycles. The van der Waals surface area contributed by atoms with E-state index in [-0.39, 0.29) is 17.9 Å². The molecule has 1 heterocycles. The molecule has 1 aromatic heterocycles. The van der Waals surface area contributed by atoms with Crippen LogP contribution in [-0.2, 0) is 18.3 Å². The minimum atomic E-state index is -0.403. The van der Waals surface area contributed by atoms with Crippen LogP contribution in [0.4, 0.5) is 10.1 Å². The average Bonchev–Trinajstić information content (AvgIpc) is 2.60. The lowest BCUT2D eigenvalue weighted by atomic mass is 10.2. The molecule has 0 radical (unpaired) electrons. The molecule has 0 saturated heterocycles. The number of nitrogens with zero attached hydrogens (tertiary/aromatic N) is 2. The van der Waals surface area contributed by atoms with Crippen LogP contribution in [0, 0.1) is 12.7 Å². The maximum absolute atomic E-state index is 13.3. The van der Waals surface area contributed by atoms with Crippen LogP contribution in [0.3, 0.4) is 0 Å².